The molecule has 0 radical (unpaired) electrons. The van der Waals surface area contributed by atoms with Crippen LogP contribution in [-0.4, -0.2) is 99.6 Å². The summed E-state index contributed by atoms with van der Waals surface area (Å²) in [4.78, 5) is 26.6. The molecule has 1 saturated heterocycles. The predicted molar refractivity (Wildman–Crippen MR) is 320 cm³/mol. The number of allylic oxidation sites excluding steroid dienone is 3. The Bertz CT molecular complexity index is 1350. The second-order valence-electron chi connectivity index (χ2n) is 23.2. The predicted octanol–water partition coefficient (Wildman–Crippen LogP) is 16.1. The maximum absolute atomic E-state index is 13.4. The maximum atomic E-state index is 13.4. The molecule has 6 N–H and O–H groups in total. The highest BCUT2D eigenvalue weighted by molar-refractivity contribution is 5.80. The van der Waals surface area contributed by atoms with E-state index in [1.54, 1.807) is 6.08 Å². The molecule has 1 aliphatic heterocycles. The van der Waals surface area contributed by atoms with E-state index in [9.17, 15) is 35.1 Å². The summed E-state index contributed by atoms with van der Waals surface area (Å²) in [5.74, 6) is -1.18. The molecule has 0 aromatic rings. The molecular weight excluding hydrogens is 967 g/mol. The average Bonchev–Trinajstić information content (AvgIpc) is 3.43. The van der Waals surface area contributed by atoms with Gasteiger partial charge in [-0.25, -0.2) is 0 Å². The molecular formula is C66H125NO10. The topological polar surface area (TPSA) is 175 Å². The van der Waals surface area contributed by atoms with Gasteiger partial charge in [0.15, 0.2) is 12.4 Å². The van der Waals surface area contributed by atoms with Crippen LogP contribution < -0.4 is 5.32 Å². The standard InChI is InChI=1S/C66H125NO10/c1-4-7-10-13-16-19-22-24-26-28-29-30-31-32-34-36-39-42-45-48-51-54-61(71)77-64-63(73)62(72)60(55-68)76-66(64)75-56-57(58(69)52-49-46-43-40-37-21-18-15-12-9-6-3)67-65(74)59(70)53-50-47-44-41-38-35-33-27-25-23-20-17-14-11-8-5-2/h24,26,49,52,57-60,62-64,66,68-70,72-73H,4-23,25,27-48,50-51,53-56H2,1-3H3,(H,67,74)/b26-24+,52-49+. The van der Waals surface area contributed by atoms with Crippen molar-refractivity contribution < 1.29 is 49.3 Å². The minimum Gasteiger partial charge on any atom is -0.454 e. The van der Waals surface area contributed by atoms with Crippen LogP contribution in [0.15, 0.2) is 24.3 Å². The van der Waals surface area contributed by atoms with Gasteiger partial charge in [-0.2, -0.15) is 0 Å². The molecule has 0 aromatic heterocycles. The number of hydrogen-bond acceptors (Lipinski definition) is 10. The lowest BCUT2D eigenvalue weighted by atomic mass is 9.99. The van der Waals surface area contributed by atoms with Crippen LogP contribution in [0.3, 0.4) is 0 Å². The Morgan fingerprint density at radius 3 is 1.26 bits per heavy atom. The van der Waals surface area contributed by atoms with Gasteiger partial charge in [0.25, 0.3) is 0 Å². The van der Waals surface area contributed by atoms with Gasteiger partial charge in [-0.15, -0.1) is 0 Å². The van der Waals surface area contributed by atoms with Gasteiger partial charge in [-0.3, -0.25) is 9.59 Å². The molecule has 1 rings (SSSR count). The number of carbonyl (C=O) groups is 2. The van der Waals surface area contributed by atoms with Gasteiger partial charge in [-0.05, 0) is 51.4 Å². The number of unbranched alkanes of at least 4 members (excludes halogenated alkanes) is 41. The lowest BCUT2D eigenvalue weighted by Gasteiger charge is -2.41. The monoisotopic (exact) mass is 1090 g/mol. The number of nitrogens with one attached hydrogen (secondary N) is 1. The zero-order valence-electron chi connectivity index (χ0n) is 50.4. The Kier molecular flexibility index (Phi) is 52.0. The third kappa shape index (κ3) is 42.6. The number of hydrogen-bond donors (Lipinski definition) is 6. The van der Waals surface area contributed by atoms with Gasteiger partial charge in [0.05, 0.1) is 25.4 Å². The van der Waals surface area contributed by atoms with Crippen molar-refractivity contribution in [1.29, 1.82) is 0 Å². The van der Waals surface area contributed by atoms with Gasteiger partial charge in [0, 0.05) is 6.42 Å². The fraction of sp³-hybridized carbons (Fsp3) is 0.909. The zero-order valence-corrected chi connectivity index (χ0v) is 50.4. The first kappa shape index (κ1) is 73.2. The van der Waals surface area contributed by atoms with Crippen molar-refractivity contribution in [3.63, 3.8) is 0 Å². The highest BCUT2D eigenvalue weighted by Gasteiger charge is 2.47. The largest absolute Gasteiger partial charge is 0.454 e. The van der Waals surface area contributed by atoms with Crippen LogP contribution in [0, 0.1) is 0 Å². The van der Waals surface area contributed by atoms with E-state index in [0.717, 1.165) is 57.8 Å². The van der Waals surface area contributed by atoms with Crippen LogP contribution in [-0.2, 0) is 23.8 Å². The first-order chi connectivity index (χ1) is 37.7. The fourth-order valence-electron chi connectivity index (χ4n) is 10.6. The molecule has 11 heteroatoms. The summed E-state index contributed by atoms with van der Waals surface area (Å²) in [6.45, 7) is 5.82. The van der Waals surface area contributed by atoms with Crippen LogP contribution >= 0.6 is 0 Å². The molecule has 11 nitrogen and oxygen atoms in total. The minimum atomic E-state index is -1.61. The molecule has 0 aromatic carbocycles. The lowest BCUT2D eigenvalue weighted by molar-refractivity contribution is -0.305. The van der Waals surface area contributed by atoms with E-state index >= 15 is 0 Å². The molecule has 0 bridgehead atoms. The third-order valence-electron chi connectivity index (χ3n) is 15.9. The van der Waals surface area contributed by atoms with E-state index in [1.807, 2.05) is 6.08 Å². The average molecular weight is 1090 g/mol. The summed E-state index contributed by atoms with van der Waals surface area (Å²) in [5, 5.41) is 57.0. The second kappa shape index (κ2) is 54.7. The van der Waals surface area contributed by atoms with E-state index in [-0.39, 0.29) is 13.0 Å². The zero-order chi connectivity index (χ0) is 56.1. The molecule has 8 unspecified atom stereocenters. The van der Waals surface area contributed by atoms with E-state index in [1.165, 1.54) is 218 Å². The van der Waals surface area contributed by atoms with E-state index in [4.69, 9.17) is 14.2 Å². The first-order valence-corrected chi connectivity index (χ1v) is 33.1. The summed E-state index contributed by atoms with van der Waals surface area (Å²) in [6.07, 6.45) is 53.6. The Hall–Kier alpha value is -1.86. The van der Waals surface area contributed by atoms with Gasteiger partial charge >= 0.3 is 5.97 Å². The number of esters is 1. The molecule has 0 saturated carbocycles. The Labute approximate surface area is 473 Å². The van der Waals surface area contributed by atoms with Crippen molar-refractivity contribution in [3.8, 4) is 0 Å². The van der Waals surface area contributed by atoms with Crippen molar-refractivity contribution in [2.45, 2.75) is 372 Å². The molecule has 1 heterocycles. The minimum absolute atomic E-state index is 0.127. The number of aliphatic hydroxyl groups excluding tert-OH is 5. The fourth-order valence-corrected chi connectivity index (χ4v) is 10.6. The summed E-state index contributed by atoms with van der Waals surface area (Å²) in [5.41, 5.74) is 0. The van der Waals surface area contributed by atoms with Crippen molar-refractivity contribution >= 4 is 11.9 Å². The highest BCUT2D eigenvalue weighted by atomic mass is 16.7. The van der Waals surface area contributed by atoms with Crippen LogP contribution in [0.4, 0.5) is 0 Å². The highest BCUT2D eigenvalue weighted by Crippen LogP contribution is 2.26. The normalized spacial score (nSPS) is 19.1. The van der Waals surface area contributed by atoms with Crippen molar-refractivity contribution in [2.24, 2.45) is 0 Å². The van der Waals surface area contributed by atoms with Crippen LogP contribution in [0.5, 0.6) is 0 Å². The molecule has 1 fully saturated rings. The van der Waals surface area contributed by atoms with E-state index in [0.29, 0.717) is 19.3 Å². The molecule has 8 atom stereocenters. The Morgan fingerprint density at radius 1 is 0.494 bits per heavy atom. The Balaban J connectivity index is 2.60. The second-order valence-corrected chi connectivity index (χ2v) is 23.2. The van der Waals surface area contributed by atoms with Gasteiger partial charge < -0.3 is 45.1 Å². The number of amides is 1. The van der Waals surface area contributed by atoms with Crippen LogP contribution in [0.25, 0.3) is 0 Å². The Morgan fingerprint density at radius 2 is 0.857 bits per heavy atom. The molecule has 1 aliphatic rings. The SMILES string of the molecule is CCCCCCCC/C=C/CCCCCCCCCCCCCC(=O)OC1C(OCC(NC(=O)C(O)CCCCCCCCCCCCCCCCCC)C(O)/C=C/CCCCCCCCCCC)OC(CO)C(O)C1O. The summed E-state index contributed by atoms with van der Waals surface area (Å²) < 4.78 is 17.7. The molecule has 1 amide bonds. The summed E-state index contributed by atoms with van der Waals surface area (Å²) in [6, 6.07) is -1.02. The van der Waals surface area contributed by atoms with E-state index < -0.39 is 67.4 Å². The van der Waals surface area contributed by atoms with Gasteiger partial charge in [0.2, 0.25) is 5.91 Å². The number of rotatable bonds is 57. The number of aliphatic hydroxyl groups is 5. The molecule has 77 heavy (non-hydrogen) atoms. The molecule has 454 valence electrons. The smallest absolute Gasteiger partial charge is 0.306 e. The maximum Gasteiger partial charge on any atom is 0.306 e. The summed E-state index contributed by atoms with van der Waals surface area (Å²) >= 11 is 0. The molecule has 0 aliphatic carbocycles. The van der Waals surface area contributed by atoms with Gasteiger partial charge in [-0.1, -0.05) is 289 Å². The quantitative estimate of drug-likeness (QED) is 0.0195. The van der Waals surface area contributed by atoms with Crippen molar-refractivity contribution in [2.75, 3.05) is 13.2 Å². The van der Waals surface area contributed by atoms with Crippen molar-refractivity contribution in [3.05, 3.63) is 24.3 Å². The van der Waals surface area contributed by atoms with Crippen LogP contribution in [0.2, 0.25) is 0 Å². The third-order valence-corrected chi connectivity index (χ3v) is 15.9. The van der Waals surface area contributed by atoms with E-state index in [2.05, 4.69) is 38.2 Å². The first-order valence-electron chi connectivity index (χ1n) is 33.1. The number of carbonyl (C=O) groups excluding carboxylic acids is 2. The van der Waals surface area contributed by atoms with Gasteiger partial charge in [0.1, 0.15) is 24.4 Å². The summed E-state index contributed by atoms with van der Waals surface area (Å²) in [7, 11) is 0. The molecule has 0 spiro atoms. The van der Waals surface area contributed by atoms with Crippen LogP contribution in [0.1, 0.15) is 323 Å². The lowest BCUT2D eigenvalue weighted by Crippen LogP contribution is -2.61. The van der Waals surface area contributed by atoms with Crippen molar-refractivity contribution in [1.82, 2.24) is 5.32 Å². The number of ether oxygens (including phenoxy) is 3.